The number of nitrogens with one attached hydrogen (secondary N) is 1. The molecule has 1 aliphatic heterocycles. The van der Waals surface area contributed by atoms with Crippen LogP contribution in [0.4, 0.5) is 4.39 Å². The van der Waals surface area contributed by atoms with Gasteiger partial charge in [0.2, 0.25) is 0 Å². The smallest absolute Gasteiger partial charge is 0.254 e. The Morgan fingerprint density at radius 2 is 2.11 bits per heavy atom. The van der Waals surface area contributed by atoms with Gasteiger partial charge in [-0.3, -0.25) is 9.69 Å². The van der Waals surface area contributed by atoms with E-state index in [4.69, 9.17) is 16.0 Å². The van der Waals surface area contributed by atoms with E-state index in [2.05, 4.69) is 15.2 Å². The Morgan fingerprint density at radius 3 is 2.85 bits per heavy atom. The average Bonchev–Trinajstić information content (AvgIpc) is 3.35. The van der Waals surface area contributed by atoms with Crippen molar-refractivity contribution in [2.24, 2.45) is 0 Å². The molecule has 0 spiro atoms. The van der Waals surface area contributed by atoms with Crippen LogP contribution in [0.1, 0.15) is 35.0 Å². The predicted molar refractivity (Wildman–Crippen MR) is 101 cm³/mol. The number of hydrogen-bond acceptors (Lipinski definition) is 4. The maximum Gasteiger partial charge on any atom is 0.254 e. The van der Waals surface area contributed by atoms with Crippen molar-refractivity contribution in [3.63, 3.8) is 0 Å². The number of rotatable bonds is 5. The fourth-order valence-electron chi connectivity index (χ4n) is 3.50. The van der Waals surface area contributed by atoms with Crippen LogP contribution >= 0.6 is 11.6 Å². The summed E-state index contributed by atoms with van der Waals surface area (Å²) in [6, 6.07) is 9.60. The van der Waals surface area contributed by atoms with Crippen LogP contribution in [-0.2, 0) is 0 Å². The molecule has 27 heavy (non-hydrogen) atoms. The van der Waals surface area contributed by atoms with Gasteiger partial charge in [0.1, 0.15) is 16.7 Å². The summed E-state index contributed by atoms with van der Waals surface area (Å²) in [4.78, 5) is 19.2. The average molecular weight is 388 g/mol. The minimum atomic E-state index is -0.393. The molecular weight excluding hydrogens is 369 g/mol. The number of nitrogens with zero attached hydrogens (tertiary/aromatic N) is 2. The van der Waals surface area contributed by atoms with Gasteiger partial charge in [-0.25, -0.2) is 9.37 Å². The highest BCUT2D eigenvalue weighted by molar-refractivity contribution is 6.33. The molecule has 1 amide bonds. The number of furan rings is 1. The van der Waals surface area contributed by atoms with E-state index in [0.717, 1.165) is 31.7 Å². The summed E-state index contributed by atoms with van der Waals surface area (Å²) in [6.07, 6.45) is 3.92. The second-order valence-corrected chi connectivity index (χ2v) is 7.01. The second-order valence-electron chi connectivity index (χ2n) is 6.65. The lowest BCUT2D eigenvalue weighted by molar-refractivity contribution is 0.0933. The topological polar surface area (TPSA) is 58.4 Å². The summed E-state index contributed by atoms with van der Waals surface area (Å²) in [6.45, 7) is 2.36. The first-order chi connectivity index (χ1) is 13.1. The molecule has 140 valence electrons. The minimum absolute atomic E-state index is 0.0206. The number of aromatic nitrogens is 1. The summed E-state index contributed by atoms with van der Waals surface area (Å²) < 4.78 is 18.9. The molecule has 0 bridgehead atoms. The van der Waals surface area contributed by atoms with Crippen LogP contribution in [0.5, 0.6) is 0 Å². The number of benzene rings is 1. The third-order valence-electron chi connectivity index (χ3n) is 4.89. The van der Waals surface area contributed by atoms with E-state index in [-0.39, 0.29) is 22.7 Å². The fraction of sp³-hybridized carbons (Fsp3) is 0.300. The monoisotopic (exact) mass is 387 g/mol. The first-order valence-electron chi connectivity index (χ1n) is 8.93. The normalized spacial score (nSPS) is 15.9. The van der Waals surface area contributed by atoms with Crippen molar-refractivity contribution in [1.82, 2.24) is 15.2 Å². The lowest BCUT2D eigenvalue weighted by atomic mass is 10.1. The molecule has 1 saturated heterocycles. The molecule has 0 aliphatic carbocycles. The van der Waals surface area contributed by atoms with E-state index in [1.807, 2.05) is 12.1 Å². The highest BCUT2D eigenvalue weighted by atomic mass is 35.5. The van der Waals surface area contributed by atoms with Crippen LogP contribution in [-0.4, -0.2) is 35.4 Å². The summed E-state index contributed by atoms with van der Waals surface area (Å²) in [5, 5.41) is 3.66. The van der Waals surface area contributed by atoms with Crippen LogP contribution in [0, 0.1) is 5.82 Å². The predicted octanol–water partition coefficient (Wildman–Crippen LogP) is 4.19. The Balaban J connectivity index is 1.53. The number of hydrogen-bond donors (Lipinski definition) is 1. The number of halogens is 2. The Hall–Kier alpha value is -2.44. The van der Waals surface area contributed by atoms with Gasteiger partial charge in [0.05, 0.1) is 23.4 Å². The third kappa shape index (κ3) is 3.82. The molecule has 1 aliphatic rings. The van der Waals surface area contributed by atoms with Crippen LogP contribution in [0.2, 0.25) is 5.15 Å². The first-order valence-corrected chi connectivity index (χ1v) is 9.31. The largest absolute Gasteiger partial charge is 0.468 e. The van der Waals surface area contributed by atoms with E-state index in [0.29, 0.717) is 17.4 Å². The molecule has 7 heteroatoms. The van der Waals surface area contributed by atoms with Gasteiger partial charge in [-0.15, -0.1) is 0 Å². The van der Waals surface area contributed by atoms with Gasteiger partial charge in [0.15, 0.2) is 0 Å². The third-order valence-corrected chi connectivity index (χ3v) is 5.17. The summed E-state index contributed by atoms with van der Waals surface area (Å²) >= 11 is 6.17. The molecule has 1 atom stereocenters. The molecule has 1 N–H and O–H groups in total. The van der Waals surface area contributed by atoms with Gasteiger partial charge in [-0.05, 0) is 56.3 Å². The lowest BCUT2D eigenvalue weighted by Crippen LogP contribution is -2.36. The Bertz CT molecular complexity index is 955. The summed E-state index contributed by atoms with van der Waals surface area (Å²) in [7, 11) is 0. The van der Waals surface area contributed by atoms with E-state index in [1.54, 1.807) is 18.4 Å². The van der Waals surface area contributed by atoms with Gasteiger partial charge >= 0.3 is 0 Å². The van der Waals surface area contributed by atoms with Crippen LogP contribution in [0.15, 0.2) is 47.1 Å². The zero-order valence-corrected chi connectivity index (χ0v) is 15.4. The summed E-state index contributed by atoms with van der Waals surface area (Å²) in [5.41, 5.74) is 0.692. The number of likely N-dealkylation sites (tertiary alicyclic amines) is 1. The minimum Gasteiger partial charge on any atom is -0.468 e. The van der Waals surface area contributed by atoms with E-state index in [1.165, 1.54) is 12.1 Å². The molecule has 3 heterocycles. The molecule has 0 radical (unpaired) electrons. The number of carbonyl (C=O) groups excluding carboxylic acids is 1. The van der Waals surface area contributed by atoms with Crippen LogP contribution < -0.4 is 5.32 Å². The standard InChI is InChI=1S/C20H19ClFN3O2/c21-19-15(10-13-5-6-14(22)11-16(13)24-19)20(26)23-12-17(18-4-3-9-27-18)25-7-1-2-8-25/h3-6,9-11,17H,1-2,7-8,12H2,(H,23,26). The number of amides is 1. The van der Waals surface area contributed by atoms with Crippen molar-refractivity contribution < 1.29 is 13.6 Å². The molecule has 4 rings (SSSR count). The van der Waals surface area contributed by atoms with Crippen molar-refractivity contribution in [3.8, 4) is 0 Å². The second kappa shape index (κ2) is 7.66. The molecule has 3 aromatic rings. The van der Waals surface area contributed by atoms with Gasteiger partial charge < -0.3 is 9.73 Å². The molecule has 1 aromatic carbocycles. The molecule has 1 fully saturated rings. The zero-order valence-electron chi connectivity index (χ0n) is 14.6. The fourth-order valence-corrected chi connectivity index (χ4v) is 3.74. The maximum atomic E-state index is 13.3. The van der Waals surface area contributed by atoms with Crippen molar-refractivity contribution in [2.75, 3.05) is 19.6 Å². The quantitative estimate of drug-likeness (QED) is 0.667. The lowest BCUT2D eigenvalue weighted by Gasteiger charge is -2.26. The highest BCUT2D eigenvalue weighted by Gasteiger charge is 2.26. The Kier molecular flexibility index (Phi) is 5.09. The van der Waals surface area contributed by atoms with Crippen molar-refractivity contribution >= 4 is 28.4 Å². The molecule has 5 nitrogen and oxygen atoms in total. The number of carbonyl (C=O) groups is 1. The van der Waals surface area contributed by atoms with Gasteiger partial charge in [0.25, 0.3) is 5.91 Å². The van der Waals surface area contributed by atoms with Gasteiger partial charge in [-0.1, -0.05) is 11.6 Å². The molecular formula is C20H19ClFN3O2. The van der Waals surface area contributed by atoms with Crippen LogP contribution in [0.25, 0.3) is 10.9 Å². The number of fused-ring (bicyclic) bond motifs is 1. The zero-order chi connectivity index (χ0) is 18.8. The molecule has 1 unspecified atom stereocenters. The first kappa shape index (κ1) is 17.9. The Morgan fingerprint density at radius 1 is 1.30 bits per heavy atom. The highest BCUT2D eigenvalue weighted by Crippen LogP contribution is 2.26. The van der Waals surface area contributed by atoms with E-state index >= 15 is 0 Å². The summed E-state index contributed by atoms with van der Waals surface area (Å²) in [5.74, 6) is 0.125. The van der Waals surface area contributed by atoms with Crippen LogP contribution in [0.3, 0.4) is 0 Å². The van der Waals surface area contributed by atoms with Crippen molar-refractivity contribution in [1.29, 1.82) is 0 Å². The van der Waals surface area contributed by atoms with Gasteiger partial charge in [0, 0.05) is 18.0 Å². The van der Waals surface area contributed by atoms with Gasteiger partial charge in [-0.2, -0.15) is 0 Å². The van der Waals surface area contributed by atoms with Crippen molar-refractivity contribution in [3.05, 3.63) is 65.0 Å². The number of pyridine rings is 1. The van der Waals surface area contributed by atoms with E-state index < -0.39 is 5.82 Å². The Labute approximate surface area is 161 Å². The van der Waals surface area contributed by atoms with E-state index in [9.17, 15) is 9.18 Å². The molecule has 0 saturated carbocycles. The van der Waals surface area contributed by atoms with Crippen molar-refractivity contribution in [2.45, 2.75) is 18.9 Å². The molecule has 2 aromatic heterocycles. The SMILES string of the molecule is O=C(NCC(c1ccco1)N1CCCC1)c1cc2ccc(F)cc2nc1Cl. The maximum absolute atomic E-state index is 13.3.